The summed E-state index contributed by atoms with van der Waals surface area (Å²) >= 11 is 9.70. The van der Waals surface area contributed by atoms with Gasteiger partial charge in [0, 0.05) is 20.7 Å². The van der Waals surface area contributed by atoms with Crippen LogP contribution in [0.1, 0.15) is 22.3 Å². The third-order valence-electron chi connectivity index (χ3n) is 5.05. The zero-order chi connectivity index (χ0) is 24.0. The minimum absolute atomic E-state index is 0.0410. The maximum Gasteiger partial charge on any atom is 0.266 e. The molecule has 0 aromatic heterocycles. The molecule has 3 aromatic carbocycles. The average Bonchev–Trinajstić information content (AvgIpc) is 2.80. The van der Waals surface area contributed by atoms with E-state index >= 15 is 0 Å². The van der Waals surface area contributed by atoms with Crippen LogP contribution in [0, 0.1) is 25.2 Å². The van der Waals surface area contributed by atoms with Gasteiger partial charge < -0.3 is 14.8 Å². The lowest BCUT2D eigenvalue weighted by Crippen LogP contribution is -2.13. The molecule has 1 amide bonds. The normalized spacial score (nSPS) is 11.0. The van der Waals surface area contributed by atoms with Gasteiger partial charge in [0.1, 0.15) is 18.2 Å². The number of hydrogen-bond acceptors (Lipinski definition) is 4. The molecule has 0 saturated heterocycles. The molecule has 0 aliphatic heterocycles. The van der Waals surface area contributed by atoms with Crippen LogP contribution in [0.3, 0.4) is 0 Å². The molecule has 0 aliphatic rings. The van der Waals surface area contributed by atoms with E-state index in [4.69, 9.17) is 21.1 Å². The van der Waals surface area contributed by atoms with E-state index < -0.39 is 5.91 Å². The van der Waals surface area contributed by atoms with E-state index in [0.29, 0.717) is 32.2 Å². The van der Waals surface area contributed by atoms with Crippen molar-refractivity contribution in [3.63, 3.8) is 0 Å². The molecule has 0 bridgehead atoms. The molecule has 0 heterocycles. The van der Waals surface area contributed by atoms with Crippen LogP contribution in [-0.2, 0) is 11.4 Å². The molecule has 0 aliphatic carbocycles. The van der Waals surface area contributed by atoms with E-state index in [2.05, 4.69) is 21.2 Å². The van der Waals surface area contributed by atoms with Gasteiger partial charge in [-0.05, 0) is 66.9 Å². The summed E-state index contributed by atoms with van der Waals surface area (Å²) in [5.74, 6) is 0.466. The van der Waals surface area contributed by atoms with Crippen LogP contribution in [0.4, 0.5) is 5.69 Å². The molecule has 0 spiro atoms. The average molecular weight is 526 g/mol. The first-order valence-corrected chi connectivity index (χ1v) is 11.2. The molecular formula is C26H22BrClN2O3. The predicted molar refractivity (Wildman–Crippen MR) is 135 cm³/mol. The molecule has 33 heavy (non-hydrogen) atoms. The monoisotopic (exact) mass is 524 g/mol. The first-order valence-electron chi connectivity index (χ1n) is 10.1. The molecule has 168 valence electrons. The molecule has 3 aromatic rings. The summed E-state index contributed by atoms with van der Waals surface area (Å²) in [5, 5.41) is 13.0. The second kappa shape index (κ2) is 11.0. The zero-order valence-electron chi connectivity index (χ0n) is 18.4. The van der Waals surface area contributed by atoms with Gasteiger partial charge in [-0.3, -0.25) is 4.79 Å². The lowest BCUT2D eigenvalue weighted by atomic mass is 10.1. The Balaban J connectivity index is 1.83. The SMILES string of the molecule is COc1cc(/C=C(\C#N)C(=O)Nc2ccc(C)c(C)c2)c(Br)cc1OCc1ccccc1Cl. The number of carbonyl (C=O) groups excluding carboxylic acids is 1. The molecule has 0 fully saturated rings. The van der Waals surface area contributed by atoms with E-state index in [1.807, 2.05) is 50.2 Å². The summed E-state index contributed by atoms with van der Waals surface area (Å²) in [6.07, 6.45) is 1.50. The number of aryl methyl sites for hydroxylation is 2. The Morgan fingerprint density at radius 3 is 2.55 bits per heavy atom. The van der Waals surface area contributed by atoms with Crippen LogP contribution >= 0.6 is 27.5 Å². The number of nitriles is 1. The van der Waals surface area contributed by atoms with Crippen molar-refractivity contribution in [1.82, 2.24) is 0 Å². The minimum Gasteiger partial charge on any atom is -0.493 e. The van der Waals surface area contributed by atoms with Crippen LogP contribution in [0.5, 0.6) is 11.5 Å². The number of amides is 1. The minimum atomic E-state index is -0.495. The topological polar surface area (TPSA) is 71.3 Å². The van der Waals surface area contributed by atoms with Gasteiger partial charge in [0.2, 0.25) is 0 Å². The van der Waals surface area contributed by atoms with Gasteiger partial charge in [-0.1, -0.05) is 51.8 Å². The van der Waals surface area contributed by atoms with Gasteiger partial charge >= 0.3 is 0 Å². The molecular weight excluding hydrogens is 504 g/mol. The second-order valence-corrected chi connectivity index (χ2v) is 8.59. The van der Waals surface area contributed by atoms with Crippen LogP contribution < -0.4 is 14.8 Å². The lowest BCUT2D eigenvalue weighted by molar-refractivity contribution is -0.112. The number of hydrogen-bond donors (Lipinski definition) is 1. The van der Waals surface area contributed by atoms with E-state index in [1.165, 1.54) is 13.2 Å². The highest BCUT2D eigenvalue weighted by Gasteiger charge is 2.14. The van der Waals surface area contributed by atoms with E-state index in [1.54, 1.807) is 24.3 Å². The molecule has 5 nitrogen and oxygen atoms in total. The molecule has 0 unspecified atom stereocenters. The van der Waals surface area contributed by atoms with E-state index in [9.17, 15) is 10.1 Å². The number of nitrogens with one attached hydrogen (secondary N) is 1. The first kappa shape index (κ1) is 24.4. The summed E-state index contributed by atoms with van der Waals surface area (Å²) in [6, 6.07) is 18.4. The van der Waals surface area contributed by atoms with Gasteiger partial charge in [0.05, 0.1) is 7.11 Å². The first-order chi connectivity index (χ1) is 15.8. The van der Waals surface area contributed by atoms with Crippen molar-refractivity contribution in [3.8, 4) is 17.6 Å². The molecule has 0 atom stereocenters. The van der Waals surface area contributed by atoms with Crippen molar-refractivity contribution in [2.75, 3.05) is 12.4 Å². The largest absolute Gasteiger partial charge is 0.493 e. The third-order valence-corrected chi connectivity index (χ3v) is 6.11. The number of ether oxygens (including phenoxy) is 2. The Bertz CT molecular complexity index is 1260. The van der Waals surface area contributed by atoms with Crippen molar-refractivity contribution in [2.45, 2.75) is 20.5 Å². The van der Waals surface area contributed by atoms with Crippen molar-refractivity contribution in [1.29, 1.82) is 5.26 Å². The second-order valence-electron chi connectivity index (χ2n) is 7.33. The van der Waals surface area contributed by atoms with Crippen molar-refractivity contribution >= 4 is 45.2 Å². The summed E-state index contributed by atoms with van der Waals surface area (Å²) in [4.78, 5) is 12.7. The van der Waals surface area contributed by atoms with E-state index in [-0.39, 0.29) is 12.2 Å². The number of carbonyl (C=O) groups is 1. The van der Waals surface area contributed by atoms with Crippen molar-refractivity contribution in [3.05, 3.63) is 91.9 Å². The summed E-state index contributed by atoms with van der Waals surface area (Å²) in [5.41, 5.74) is 4.21. The number of halogens is 2. The fourth-order valence-electron chi connectivity index (χ4n) is 3.03. The fraction of sp³-hybridized carbons (Fsp3) is 0.154. The van der Waals surface area contributed by atoms with Crippen LogP contribution in [0.2, 0.25) is 5.02 Å². The summed E-state index contributed by atoms with van der Waals surface area (Å²) < 4.78 is 12.0. The Morgan fingerprint density at radius 1 is 1.12 bits per heavy atom. The van der Waals surface area contributed by atoms with Gasteiger partial charge in [-0.2, -0.15) is 5.26 Å². The highest BCUT2D eigenvalue weighted by atomic mass is 79.9. The van der Waals surface area contributed by atoms with Crippen molar-refractivity contribution < 1.29 is 14.3 Å². The number of benzene rings is 3. The molecule has 0 saturated carbocycles. The number of rotatable bonds is 7. The number of nitrogens with zero attached hydrogens (tertiary/aromatic N) is 1. The van der Waals surface area contributed by atoms with E-state index in [0.717, 1.165) is 16.7 Å². The number of anilines is 1. The highest BCUT2D eigenvalue weighted by Crippen LogP contribution is 2.35. The molecule has 1 N–H and O–H groups in total. The van der Waals surface area contributed by atoms with Crippen LogP contribution in [0.15, 0.2) is 64.6 Å². The standard InChI is InChI=1S/C26H22BrClN2O3/c1-16-8-9-21(10-17(16)2)30-26(31)20(14-29)11-19-12-24(32-3)25(13-22(19)27)33-15-18-6-4-5-7-23(18)28/h4-13H,15H2,1-3H3,(H,30,31)/b20-11+. The van der Waals surface area contributed by atoms with Crippen LogP contribution in [-0.4, -0.2) is 13.0 Å². The van der Waals surface area contributed by atoms with Gasteiger partial charge in [-0.15, -0.1) is 0 Å². The Hall–Kier alpha value is -3.27. The zero-order valence-corrected chi connectivity index (χ0v) is 20.8. The summed E-state index contributed by atoms with van der Waals surface area (Å²) in [7, 11) is 1.52. The quantitative estimate of drug-likeness (QED) is 0.270. The van der Waals surface area contributed by atoms with Crippen molar-refractivity contribution in [2.24, 2.45) is 0 Å². The van der Waals surface area contributed by atoms with Gasteiger partial charge in [0.15, 0.2) is 11.5 Å². The Morgan fingerprint density at radius 2 is 1.88 bits per heavy atom. The highest BCUT2D eigenvalue weighted by molar-refractivity contribution is 9.10. The smallest absolute Gasteiger partial charge is 0.266 e. The molecule has 0 radical (unpaired) electrons. The number of methoxy groups -OCH3 is 1. The Kier molecular flexibility index (Phi) is 8.16. The summed E-state index contributed by atoms with van der Waals surface area (Å²) in [6.45, 7) is 4.22. The fourth-order valence-corrected chi connectivity index (χ4v) is 3.65. The van der Waals surface area contributed by atoms with Gasteiger partial charge in [-0.25, -0.2) is 0 Å². The maximum atomic E-state index is 12.7. The predicted octanol–water partition coefficient (Wildman–Crippen LogP) is 6.85. The molecule has 7 heteroatoms. The maximum absolute atomic E-state index is 12.7. The van der Waals surface area contributed by atoms with Gasteiger partial charge in [0.25, 0.3) is 5.91 Å². The van der Waals surface area contributed by atoms with Crippen LogP contribution in [0.25, 0.3) is 6.08 Å². The lowest BCUT2D eigenvalue weighted by Gasteiger charge is -2.14. The third kappa shape index (κ3) is 6.16. The molecule has 3 rings (SSSR count). The Labute approximate surface area is 206 Å².